The summed E-state index contributed by atoms with van der Waals surface area (Å²) in [5.74, 6) is 1.90. The van der Waals surface area contributed by atoms with E-state index in [0.29, 0.717) is 0 Å². The van der Waals surface area contributed by atoms with Gasteiger partial charge in [0.1, 0.15) is 6.54 Å². The van der Waals surface area contributed by atoms with E-state index in [2.05, 4.69) is 152 Å². The van der Waals surface area contributed by atoms with Crippen LogP contribution in [0.3, 0.4) is 0 Å². The first-order chi connectivity index (χ1) is 27.9. The number of unbranched alkanes of at least 4 members (excludes halogenated alkanes) is 2. The minimum Gasteiger partial charge on any atom is -0.344 e. The van der Waals surface area contributed by atoms with Gasteiger partial charge in [-0.25, -0.2) is 0 Å². The molecule has 0 amide bonds. The summed E-state index contributed by atoms with van der Waals surface area (Å²) >= 11 is 0. The van der Waals surface area contributed by atoms with Crippen LogP contribution in [0.25, 0.3) is 21.5 Å². The highest BCUT2D eigenvalue weighted by Crippen LogP contribution is 2.53. The molecule has 2 nitrogen and oxygen atoms in total. The van der Waals surface area contributed by atoms with Crippen molar-refractivity contribution in [3.05, 3.63) is 144 Å². The first-order valence-corrected chi connectivity index (χ1v) is 22.8. The van der Waals surface area contributed by atoms with Gasteiger partial charge >= 0.3 is 0 Å². The summed E-state index contributed by atoms with van der Waals surface area (Å²) in [6, 6.07) is 39.0. The Morgan fingerprint density at radius 1 is 0.632 bits per heavy atom. The summed E-state index contributed by atoms with van der Waals surface area (Å²) in [5, 5.41) is 5.48. The maximum atomic E-state index is 2.73. The van der Waals surface area contributed by atoms with Gasteiger partial charge < -0.3 is 4.90 Å². The van der Waals surface area contributed by atoms with Crippen molar-refractivity contribution in [3.63, 3.8) is 0 Å². The highest BCUT2D eigenvalue weighted by atomic mass is 15.2. The second-order valence-electron chi connectivity index (χ2n) is 18.9. The van der Waals surface area contributed by atoms with Gasteiger partial charge in [0.2, 0.25) is 5.69 Å². The summed E-state index contributed by atoms with van der Waals surface area (Å²) in [7, 11) is 0. The highest BCUT2D eigenvalue weighted by Gasteiger charge is 2.46. The van der Waals surface area contributed by atoms with Crippen molar-refractivity contribution in [2.24, 2.45) is 11.8 Å². The van der Waals surface area contributed by atoms with Crippen LogP contribution in [0.1, 0.15) is 127 Å². The molecule has 0 aromatic heterocycles. The van der Waals surface area contributed by atoms with Gasteiger partial charge in [0.15, 0.2) is 5.71 Å². The first kappa shape index (κ1) is 38.1. The minimum atomic E-state index is -0.178. The van der Waals surface area contributed by atoms with Gasteiger partial charge in [-0.05, 0) is 103 Å². The number of hydrogen-bond acceptors (Lipinski definition) is 1. The van der Waals surface area contributed by atoms with E-state index in [4.69, 9.17) is 0 Å². The molecule has 294 valence electrons. The zero-order valence-corrected chi connectivity index (χ0v) is 35.1. The van der Waals surface area contributed by atoms with Crippen LogP contribution in [0, 0.1) is 11.8 Å². The van der Waals surface area contributed by atoms with E-state index in [-0.39, 0.29) is 10.8 Å². The molecule has 0 radical (unpaired) electrons. The van der Waals surface area contributed by atoms with E-state index in [1.807, 2.05) is 0 Å². The van der Waals surface area contributed by atoms with Gasteiger partial charge in [0, 0.05) is 47.5 Å². The van der Waals surface area contributed by atoms with Crippen LogP contribution < -0.4 is 4.90 Å². The van der Waals surface area contributed by atoms with Gasteiger partial charge in [-0.2, -0.15) is 4.58 Å². The van der Waals surface area contributed by atoms with Crippen molar-refractivity contribution in [2.45, 2.75) is 128 Å². The number of rotatable bonds is 14. The number of benzene rings is 5. The number of nitrogens with zero attached hydrogens (tertiary/aromatic N) is 2. The molecular weight excluding hydrogens is 689 g/mol. The molecule has 2 heteroatoms. The summed E-state index contributed by atoms with van der Waals surface area (Å²) in [5.41, 5.74) is 9.78. The van der Waals surface area contributed by atoms with Crippen molar-refractivity contribution in [1.29, 1.82) is 0 Å². The average molecular weight is 754 g/mol. The van der Waals surface area contributed by atoms with E-state index in [1.54, 1.807) is 0 Å². The summed E-state index contributed by atoms with van der Waals surface area (Å²) in [6.45, 7) is 9.62. The van der Waals surface area contributed by atoms with Gasteiger partial charge in [-0.15, -0.1) is 0 Å². The molecule has 57 heavy (non-hydrogen) atoms. The van der Waals surface area contributed by atoms with Gasteiger partial charge in [0.25, 0.3) is 0 Å². The average Bonchev–Trinajstić information content (AvgIpc) is 4.03. The fourth-order valence-electron chi connectivity index (χ4n) is 11.8. The Balaban J connectivity index is 1.11. The molecule has 5 aromatic rings. The Bertz CT molecular complexity index is 2290. The molecule has 2 saturated carbocycles. The summed E-state index contributed by atoms with van der Waals surface area (Å²) in [6.07, 6.45) is 27.8. The van der Waals surface area contributed by atoms with Crippen molar-refractivity contribution in [1.82, 2.24) is 0 Å². The second kappa shape index (κ2) is 16.4. The standard InChI is InChI=1S/C55H65N2/c1-54(2)50(56(38-17-15-24-41-20-7-8-21-41)48-36-34-44-28-11-13-30-46(44)52(48)54)32-19-33-51-55(3,40-43-26-5-4-6-27-43)53-47-31-14-12-29-45(47)35-37-49(53)57(51)39-18-16-25-42-22-9-10-23-42/h4-6,11-14,19,26-37,41-42H,7-10,15-18,20-25,38-40H2,1-3H3/q+1. The Morgan fingerprint density at radius 3 is 1.91 bits per heavy atom. The number of fused-ring (bicyclic) bond motifs is 6. The SMILES string of the molecule is CC1(C)C(/C=C/C=C2/N(CCCCC3CCCC3)c3ccc4ccccc4c3C2(C)Cc2ccccc2)=[N+](CCCCC2CCCC2)c2ccc3ccccc3c21. The van der Waals surface area contributed by atoms with Crippen LogP contribution in [-0.4, -0.2) is 23.4 Å². The molecule has 9 rings (SSSR count). The third-order valence-electron chi connectivity index (χ3n) is 14.7. The number of allylic oxidation sites excluding steroid dienone is 4. The quantitative estimate of drug-likeness (QED) is 0.0808. The van der Waals surface area contributed by atoms with Crippen LogP contribution in [0.5, 0.6) is 0 Å². The van der Waals surface area contributed by atoms with Crippen LogP contribution in [0.4, 0.5) is 11.4 Å². The summed E-state index contributed by atoms with van der Waals surface area (Å²) < 4.78 is 2.70. The fraction of sp³-hybridized carbons (Fsp3) is 0.436. The fourth-order valence-corrected chi connectivity index (χ4v) is 11.8. The highest BCUT2D eigenvalue weighted by molar-refractivity contribution is 6.07. The number of hydrogen-bond donors (Lipinski definition) is 0. The second-order valence-corrected chi connectivity index (χ2v) is 18.9. The van der Waals surface area contributed by atoms with Crippen LogP contribution in [-0.2, 0) is 17.3 Å². The molecule has 1 atom stereocenters. The molecule has 2 aliphatic carbocycles. The monoisotopic (exact) mass is 754 g/mol. The van der Waals surface area contributed by atoms with E-state index in [9.17, 15) is 0 Å². The molecule has 5 aromatic carbocycles. The van der Waals surface area contributed by atoms with Crippen molar-refractivity contribution >= 4 is 38.6 Å². The molecular formula is C55H65N2+. The normalized spacial score (nSPS) is 21.6. The summed E-state index contributed by atoms with van der Waals surface area (Å²) in [4.78, 5) is 2.73. The van der Waals surface area contributed by atoms with Crippen molar-refractivity contribution in [3.8, 4) is 0 Å². The Morgan fingerprint density at radius 2 is 1.23 bits per heavy atom. The molecule has 1 unspecified atom stereocenters. The first-order valence-electron chi connectivity index (χ1n) is 22.8. The Hall–Kier alpha value is -4.43. The third kappa shape index (κ3) is 7.43. The lowest BCUT2D eigenvalue weighted by Crippen LogP contribution is -2.31. The minimum absolute atomic E-state index is 0.112. The van der Waals surface area contributed by atoms with E-state index in [1.165, 1.54) is 151 Å². The van der Waals surface area contributed by atoms with E-state index < -0.39 is 0 Å². The topological polar surface area (TPSA) is 6.25 Å². The van der Waals surface area contributed by atoms with E-state index in [0.717, 1.165) is 31.3 Å². The molecule has 2 fully saturated rings. The zero-order valence-electron chi connectivity index (χ0n) is 35.1. The van der Waals surface area contributed by atoms with Crippen LogP contribution in [0.15, 0.2) is 127 Å². The lowest BCUT2D eigenvalue weighted by Gasteiger charge is -2.31. The largest absolute Gasteiger partial charge is 0.344 e. The van der Waals surface area contributed by atoms with Crippen molar-refractivity contribution in [2.75, 3.05) is 18.0 Å². The molecule has 0 N–H and O–H groups in total. The maximum absolute atomic E-state index is 2.73. The van der Waals surface area contributed by atoms with Crippen LogP contribution in [0.2, 0.25) is 0 Å². The van der Waals surface area contributed by atoms with Gasteiger partial charge in [-0.1, -0.05) is 162 Å². The predicted octanol–water partition coefficient (Wildman–Crippen LogP) is 14.6. The molecule has 4 aliphatic rings. The van der Waals surface area contributed by atoms with E-state index >= 15 is 0 Å². The molecule has 2 heterocycles. The number of anilines is 1. The maximum Gasteiger partial charge on any atom is 0.210 e. The molecule has 0 spiro atoms. The van der Waals surface area contributed by atoms with Crippen molar-refractivity contribution < 1.29 is 4.58 Å². The van der Waals surface area contributed by atoms with Gasteiger partial charge in [0.05, 0.1) is 5.41 Å². The lowest BCUT2D eigenvalue weighted by molar-refractivity contribution is -0.438. The third-order valence-corrected chi connectivity index (χ3v) is 14.7. The Labute approximate surface area is 343 Å². The smallest absolute Gasteiger partial charge is 0.210 e. The van der Waals surface area contributed by atoms with Crippen LogP contribution >= 0.6 is 0 Å². The predicted molar refractivity (Wildman–Crippen MR) is 244 cm³/mol. The Kier molecular flexibility index (Phi) is 11.0. The molecule has 0 bridgehead atoms. The lowest BCUT2D eigenvalue weighted by atomic mass is 9.74. The molecule has 0 saturated heterocycles. The zero-order chi connectivity index (χ0) is 38.8. The van der Waals surface area contributed by atoms with Gasteiger partial charge in [-0.3, -0.25) is 0 Å². The molecule has 2 aliphatic heterocycles.